The van der Waals surface area contributed by atoms with E-state index in [1.165, 1.54) is 0 Å². The van der Waals surface area contributed by atoms with E-state index in [9.17, 15) is 28.8 Å². The summed E-state index contributed by atoms with van der Waals surface area (Å²) in [6.07, 6.45) is 0.313. The van der Waals surface area contributed by atoms with E-state index in [0.717, 1.165) is 9.80 Å². The molecule has 0 aromatic heterocycles. The molecule has 0 unspecified atom stereocenters. The lowest BCUT2D eigenvalue weighted by atomic mass is 9.89. The summed E-state index contributed by atoms with van der Waals surface area (Å²) >= 11 is 0. The summed E-state index contributed by atoms with van der Waals surface area (Å²) in [4.78, 5) is 85.5. The first-order valence-electron chi connectivity index (χ1n) is 14.9. The van der Waals surface area contributed by atoms with E-state index in [0.29, 0.717) is 23.4 Å². The lowest BCUT2D eigenvalue weighted by Gasteiger charge is -2.44. The van der Waals surface area contributed by atoms with Crippen molar-refractivity contribution in [1.82, 2.24) is 9.80 Å². The van der Waals surface area contributed by atoms with Gasteiger partial charge in [-0.1, -0.05) is 60.7 Å². The number of rotatable bonds is 6. The molecule has 3 aliphatic rings. The molecule has 0 saturated heterocycles. The molecule has 3 aliphatic heterocycles. The van der Waals surface area contributed by atoms with E-state index < -0.39 is 60.6 Å². The predicted molar refractivity (Wildman–Crippen MR) is 168 cm³/mol. The van der Waals surface area contributed by atoms with E-state index >= 15 is 0 Å². The largest absolute Gasteiger partial charge is 0.308 e. The topological polar surface area (TPSA) is 115 Å². The Morgan fingerprint density at radius 1 is 0.630 bits per heavy atom. The van der Waals surface area contributed by atoms with Crippen LogP contribution in [0.4, 0.5) is 11.4 Å². The third-order valence-corrected chi connectivity index (χ3v) is 8.79. The van der Waals surface area contributed by atoms with Gasteiger partial charge in [0.2, 0.25) is 11.8 Å². The number of nitrogens with zero attached hydrogens (tertiary/aromatic N) is 4. The Labute approximate surface area is 264 Å². The Morgan fingerprint density at radius 2 is 1.09 bits per heavy atom. The molecule has 228 valence electrons. The summed E-state index contributed by atoms with van der Waals surface area (Å²) in [5.74, 6) is -2.97. The molecule has 4 aromatic rings. The van der Waals surface area contributed by atoms with Crippen LogP contribution in [0.15, 0.2) is 103 Å². The van der Waals surface area contributed by atoms with Crippen LogP contribution in [0.25, 0.3) is 0 Å². The fourth-order valence-corrected chi connectivity index (χ4v) is 6.68. The van der Waals surface area contributed by atoms with Crippen LogP contribution < -0.4 is 9.80 Å². The molecular formula is C36H28N4O6. The number of hydrogen-bond donors (Lipinski definition) is 0. The summed E-state index contributed by atoms with van der Waals surface area (Å²) in [6.45, 7) is 0.953. The van der Waals surface area contributed by atoms with Crippen LogP contribution in [-0.2, 0) is 9.59 Å². The van der Waals surface area contributed by atoms with Gasteiger partial charge in [0.05, 0.1) is 28.3 Å². The standard InChI is InChI=1S/C36H28N4O6/c1-22-19-30(40(23-11-3-2-4-12-23)32(42)21-38-35(45)26-15-7-8-16-27(26)36(38)46)28-17-9-10-18-29(28)39(22)31(41)20-37-33(43)24-13-5-6-14-25(24)34(37)44/h2-18,22,30H,19-21H2,1H3/t22-,30-/m1/s1. The van der Waals surface area contributed by atoms with E-state index in [-0.39, 0.29) is 22.3 Å². The summed E-state index contributed by atoms with van der Waals surface area (Å²) in [6, 6.07) is 28.2. The van der Waals surface area contributed by atoms with Gasteiger partial charge in [-0.3, -0.25) is 38.6 Å². The minimum atomic E-state index is -0.556. The Bertz CT molecular complexity index is 1890. The number of amides is 6. The van der Waals surface area contributed by atoms with Crippen molar-refractivity contribution >= 4 is 46.8 Å². The molecule has 3 heterocycles. The summed E-state index contributed by atoms with van der Waals surface area (Å²) in [5, 5.41) is 0. The smallest absolute Gasteiger partial charge is 0.262 e. The molecule has 10 nitrogen and oxygen atoms in total. The lowest BCUT2D eigenvalue weighted by molar-refractivity contribution is -0.119. The molecule has 2 atom stereocenters. The summed E-state index contributed by atoms with van der Waals surface area (Å²) in [7, 11) is 0. The molecule has 0 N–H and O–H groups in total. The second-order valence-corrected chi connectivity index (χ2v) is 11.5. The fourth-order valence-electron chi connectivity index (χ4n) is 6.68. The van der Waals surface area contributed by atoms with Gasteiger partial charge in [0.15, 0.2) is 0 Å². The Balaban J connectivity index is 1.20. The lowest BCUT2D eigenvalue weighted by Crippen LogP contribution is -2.52. The maximum atomic E-state index is 14.2. The van der Waals surface area contributed by atoms with Crippen LogP contribution in [0, 0.1) is 0 Å². The van der Waals surface area contributed by atoms with Crippen LogP contribution in [0.3, 0.4) is 0 Å². The molecule has 6 amide bonds. The average molecular weight is 613 g/mol. The van der Waals surface area contributed by atoms with Gasteiger partial charge in [-0.15, -0.1) is 0 Å². The fraction of sp³-hybridized carbons (Fsp3) is 0.167. The number of benzene rings is 4. The van der Waals surface area contributed by atoms with E-state index in [1.54, 1.807) is 94.7 Å². The zero-order valence-electron chi connectivity index (χ0n) is 24.8. The summed E-state index contributed by atoms with van der Waals surface area (Å²) < 4.78 is 0. The molecule has 0 saturated carbocycles. The van der Waals surface area contributed by atoms with Gasteiger partial charge >= 0.3 is 0 Å². The second kappa shape index (κ2) is 11.2. The Morgan fingerprint density at radius 3 is 1.63 bits per heavy atom. The summed E-state index contributed by atoms with van der Waals surface area (Å²) in [5.41, 5.74) is 2.84. The molecule has 7 rings (SSSR count). The van der Waals surface area contributed by atoms with Crippen LogP contribution in [0.1, 0.15) is 66.4 Å². The van der Waals surface area contributed by atoms with Crippen molar-refractivity contribution in [3.05, 3.63) is 131 Å². The first kappa shape index (κ1) is 28.8. The highest BCUT2D eigenvalue weighted by Crippen LogP contribution is 2.42. The predicted octanol–water partition coefficient (Wildman–Crippen LogP) is 4.48. The number of hydrogen-bond acceptors (Lipinski definition) is 6. The maximum absolute atomic E-state index is 14.2. The van der Waals surface area contributed by atoms with Crippen molar-refractivity contribution in [2.24, 2.45) is 0 Å². The molecule has 0 radical (unpaired) electrons. The highest BCUT2D eigenvalue weighted by molar-refractivity contribution is 6.23. The highest BCUT2D eigenvalue weighted by atomic mass is 16.2. The quantitative estimate of drug-likeness (QED) is 0.297. The molecule has 10 heteroatoms. The number of carbonyl (C=O) groups is 6. The van der Waals surface area contributed by atoms with Crippen molar-refractivity contribution < 1.29 is 28.8 Å². The number of anilines is 2. The number of fused-ring (bicyclic) bond motifs is 3. The maximum Gasteiger partial charge on any atom is 0.262 e. The van der Waals surface area contributed by atoms with Gasteiger partial charge < -0.3 is 9.80 Å². The molecule has 4 aromatic carbocycles. The Kier molecular flexibility index (Phi) is 7.04. The third-order valence-electron chi connectivity index (χ3n) is 8.79. The molecule has 0 fully saturated rings. The van der Waals surface area contributed by atoms with Gasteiger partial charge in [-0.05, 0) is 61.4 Å². The second-order valence-electron chi connectivity index (χ2n) is 11.5. The SMILES string of the molecule is C[C@@H]1C[C@@H](N(C(=O)CN2C(=O)c3ccccc3C2=O)c2ccccc2)c2ccccc2N1C(=O)CN1C(=O)c2ccccc2C1=O. The minimum absolute atomic E-state index is 0.260. The van der Waals surface area contributed by atoms with Crippen LogP contribution >= 0.6 is 0 Å². The van der Waals surface area contributed by atoms with Gasteiger partial charge in [-0.25, -0.2) is 0 Å². The molecular weight excluding hydrogens is 584 g/mol. The molecule has 0 bridgehead atoms. The van der Waals surface area contributed by atoms with Crippen LogP contribution in [0.2, 0.25) is 0 Å². The normalized spacial score (nSPS) is 18.4. The van der Waals surface area contributed by atoms with Gasteiger partial charge in [0.1, 0.15) is 13.1 Å². The monoisotopic (exact) mass is 612 g/mol. The number of imide groups is 2. The van der Waals surface area contributed by atoms with Crippen molar-refractivity contribution in [2.45, 2.75) is 25.4 Å². The van der Waals surface area contributed by atoms with Crippen molar-refractivity contribution in [2.75, 3.05) is 22.9 Å². The molecule has 0 aliphatic carbocycles. The average Bonchev–Trinajstić information content (AvgIpc) is 3.45. The van der Waals surface area contributed by atoms with Gasteiger partial charge in [0, 0.05) is 17.4 Å². The van der Waals surface area contributed by atoms with Crippen molar-refractivity contribution in [3.63, 3.8) is 0 Å². The van der Waals surface area contributed by atoms with E-state index in [1.807, 2.05) is 25.1 Å². The number of para-hydroxylation sites is 2. The van der Waals surface area contributed by atoms with Crippen LogP contribution in [-0.4, -0.2) is 64.4 Å². The van der Waals surface area contributed by atoms with E-state index in [4.69, 9.17) is 0 Å². The van der Waals surface area contributed by atoms with Gasteiger partial charge in [0.25, 0.3) is 23.6 Å². The van der Waals surface area contributed by atoms with E-state index in [2.05, 4.69) is 0 Å². The first-order chi connectivity index (χ1) is 22.3. The van der Waals surface area contributed by atoms with Gasteiger partial charge in [-0.2, -0.15) is 0 Å². The molecule has 46 heavy (non-hydrogen) atoms. The van der Waals surface area contributed by atoms with Crippen molar-refractivity contribution in [1.29, 1.82) is 0 Å². The highest BCUT2D eigenvalue weighted by Gasteiger charge is 2.43. The Hall–Kier alpha value is -5.90. The molecule has 0 spiro atoms. The zero-order valence-corrected chi connectivity index (χ0v) is 24.8. The van der Waals surface area contributed by atoms with Crippen LogP contribution in [0.5, 0.6) is 0 Å². The third kappa shape index (κ3) is 4.57. The van der Waals surface area contributed by atoms with Crippen molar-refractivity contribution in [3.8, 4) is 0 Å². The minimum Gasteiger partial charge on any atom is -0.308 e. The first-order valence-corrected chi connectivity index (χ1v) is 14.9. The number of carbonyl (C=O) groups excluding carboxylic acids is 6. The zero-order chi connectivity index (χ0) is 32.1.